The predicted octanol–water partition coefficient (Wildman–Crippen LogP) is 7.37. The van der Waals surface area contributed by atoms with Gasteiger partial charge < -0.3 is 9.47 Å². The molecule has 0 unspecified atom stereocenters. The lowest BCUT2D eigenvalue weighted by atomic mass is 9.81. The molecule has 0 aliphatic carbocycles. The molecular weight excluding hydrogens is 606 g/mol. The number of carbonyl (C=O) groups is 3. The van der Waals surface area contributed by atoms with Crippen molar-refractivity contribution < 1.29 is 38.2 Å². The van der Waals surface area contributed by atoms with E-state index < -0.39 is 17.6 Å². The molecule has 0 heterocycles. The summed E-state index contributed by atoms with van der Waals surface area (Å²) in [5.74, 6) is -0.256. The van der Waals surface area contributed by atoms with Crippen molar-refractivity contribution in [3.8, 4) is 0 Å². The standard InChI is InChI=1S/C34H33N5O8/c1-5-34(11-10-31(43)25-12-22(2)13-28(14-25)35-19-40,17-46-32(44)38-26-8-6-23(3)29(15-26)36-20-41)18-47-33(45)39-27-9-7-24(4)30(16-27)37-21-42/h6-9,12-16H,5,10-11,17-18H2,1-4H3,(H,38,44)(H,39,45). The molecule has 13 nitrogen and oxygen atoms in total. The van der Waals surface area contributed by atoms with Crippen molar-refractivity contribution >= 4 is 64.6 Å². The summed E-state index contributed by atoms with van der Waals surface area (Å²) in [6.45, 7) is 6.62. The molecule has 0 spiro atoms. The van der Waals surface area contributed by atoms with Crippen LogP contribution in [0.5, 0.6) is 0 Å². The van der Waals surface area contributed by atoms with Gasteiger partial charge in [0, 0.05) is 28.8 Å². The van der Waals surface area contributed by atoms with Crippen LogP contribution in [0.2, 0.25) is 0 Å². The molecule has 0 aromatic heterocycles. The van der Waals surface area contributed by atoms with Crippen molar-refractivity contribution in [2.24, 2.45) is 20.4 Å². The second-order valence-corrected chi connectivity index (χ2v) is 10.8. The molecule has 0 radical (unpaired) electrons. The zero-order chi connectivity index (χ0) is 34.4. The van der Waals surface area contributed by atoms with E-state index in [9.17, 15) is 28.8 Å². The first kappa shape index (κ1) is 35.5. The second-order valence-electron chi connectivity index (χ2n) is 10.8. The average Bonchev–Trinajstić information content (AvgIpc) is 3.04. The molecule has 13 heteroatoms. The second kappa shape index (κ2) is 16.9. The van der Waals surface area contributed by atoms with Gasteiger partial charge in [0.15, 0.2) is 5.78 Å². The minimum Gasteiger partial charge on any atom is -0.449 e. The number of nitrogens with zero attached hydrogens (tertiary/aromatic N) is 3. The van der Waals surface area contributed by atoms with Gasteiger partial charge in [-0.3, -0.25) is 15.4 Å². The zero-order valence-corrected chi connectivity index (χ0v) is 26.3. The van der Waals surface area contributed by atoms with Crippen LogP contribution in [0.1, 0.15) is 53.2 Å². The number of anilines is 2. The van der Waals surface area contributed by atoms with Crippen LogP contribution in [0.25, 0.3) is 0 Å². The van der Waals surface area contributed by atoms with Gasteiger partial charge in [-0.15, -0.1) is 0 Å². The zero-order valence-electron chi connectivity index (χ0n) is 26.3. The van der Waals surface area contributed by atoms with E-state index >= 15 is 0 Å². The minimum absolute atomic E-state index is 0.00641. The Bertz CT molecular complexity index is 1720. The summed E-state index contributed by atoms with van der Waals surface area (Å²) in [6, 6.07) is 14.3. The van der Waals surface area contributed by atoms with Crippen LogP contribution in [-0.4, -0.2) is 49.4 Å². The van der Waals surface area contributed by atoms with Gasteiger partial charge in [-0.25, -0.2) is 24.0 Å². The number of Topliss-reactive ketones (excluding diaryl/α,β-unsaturated/α-hetero) is 1. The van der Waals surface area contributed by atoms with Crippen LogP contribution in [0.15, 0.2) is 69.6 Å². The highest BCUT2D eigenvalue weighted by molar-refractivity contribution is 5.97. The fourth-order valence-electron chi connectivity index (χ4n) is 4.59. The van der Waals surface area contributed by atoms with E-state index in [0.717, 1.165) is 5.56 Å². The van der Waals surface area contributed by atoms with Crippen LogP contribution in [0.3, 0.4) is 0 Å². The van der Waals surface area contributed by atoms with Gasteiger partial charge in [0.1, 0.15) is 13.2 Å². The Morgan fingerprint density at radius 1 is 0.723 bits per heavy atom. The van der Waals surface area contributed by atoms with Crippen LogP contribution in [-0.2, 0) is 23.9 Å². The summed E-state index contributed by atoms with van der Waals surface area (Å²) in [6.07, 6.45) is 3.27. The fourth-order valence-corrected chi connectivity index (χ4v) is 4.59. The van der Waals surface area contributed by atoms with E-state index in [1.54, 1.807) is 57.2 Å². The summed E-state index contributed by atoms with van der Waals surface area (Å²) in [5.41, 5.74) is 3.08. The van der Waals surface area contributed by atoms with Crippen molar-refractivity contribution in [1.29, 1.82) is 0 Å². The highest BCUT2D eigenvalue weighted by atomic mass is 16.6. The van der Waals surface area contributed by atoms with Gasteiger partial charge in [0.25, 0.3) is 0 Å². The lowest BCUT2D eigenvalue weighted by molar-refractivity contribution is 0.0245. The molecular formula is C34H33N5O8. The number of benzene rings is 3. The molecule has 47 heavy (non-hydrogen) atoms. The molecule has 2 N–H and O–H groups in total. The maximum Gasteiger partial charge on any atom is 0.411 e. The monoisotopic (exact) mass is 639 g/mol. The number of aliphatic imine (C=N–C) groups is 3. The van der Waals surface area contributed by atoms with Crippen LogP contribution < -0.4 is 10.6 Å². The Balaban J connectivity index is 1.78. The minimum atomic E-state index is -0.988. The van der Waals surface area contributed by atoms with Gasteiger partial charge >= 0.3 is 12.2 Å². The first-order chi connectivity index (χ1) is 22.5. The van der Waals surface area contributed by atoms with Crippen molar-refractivity contribution in [2.75, 3.05) is 23.8 Å². The SMILES string of the molecule is CCC(CCC(=O)c1cc(C)cc(N=C=O)c1)(COC(=O)Nc1ccc(C)c(N=C=O)c1)COC(=O)Nc1ccc(C)c(N=C=O)c1. The largest absolute Gasteiger partial charge is 0.449 e. The molecule has 0 saturated carbocycles. The highest BCUT2D eigenvalue weighted by Crippen LogP contribution is 2.32. The number of ether oxygens (including phenoxy) is 2. The third-order valence-electron chi connectivity index (χ3n) is 7.45. The predicted molar refractivity (Wildman–Crippen MR) is 173 cm³/mol. The molecule has 3 rings (SSSR count). The first-order valence-corrected chi connectivity index (χ1v) is 14.5. The smallest absolute Gasteiger partial charge is 0.411 e. The van der Waals surface area contributed by atoms with Crippen LogP contribution >= 0.6 is 0 Å². The lowest BCUT2D eigenvalue weighted by Gasteiger charge is -2.31. The number of ketones is 1. The molecule has 0 aliphatic rings. The number of hydrogen-bond donors (Lipinski definition) is 2. The quantitative estimate of drug-likeness (QED) is 0.104. The molecule has 0 aliphatic heterocycles. The number of hydrogen-bond acceptors (Lipinski definition) is 11. The molecule has 2 amide bonds. The van der Waals surface area contributed by atoms with E-state index in [-0.39, 0.29) is 31.8 Å². The molecule has 0 atom stereocenters. The number of nitrogens with one attached hydrogen (secondary N) is 2. The van der Waals surface area contributed by atoms with Gasteiger partial charge in [0.05, 0.1) is 17.1 Å². The van der Waals surface area contributed by atoms with Gasteiger partial charge in [-0.05, 0) is 92.8 Å². The number of carbonyl (C=O) groups excluding carboxylic acids is 6. The summed E-state index contributed by atoms with van der Waals surface area (Å²) in [4.78, 5) is 81.9. The third-order valence-corrected chi connectivity index (χ3v) is 7.45. The Morgan fingerprint density at radius 3 is 1.70 bits per heavy atom. The number of isocyanates is 3. The summed E-state index contributed by atoms with van der Waals surface area (Å²) in [5, 5.41) is 5.16. The molecule has 0 saturated heterocycles. The normalized spacial score (nSPS) is 11.4. The van der Waals surface area contributed by atoms with Crippen LogP contribution in [0, 0.1) is 26.2 Å². The van der Waals surface area contributed by atoms with E-state index in [4.69, 9.17) is 9.47 Å². The van der Waals surface area contributed by atoms with Crippen LogP contribution in [0.4, 0.5) is 38.0 Å². The summed E-state index contributed by atoms with van der Waals surface area (Å²) < 4.78 is 11.1. The molecule has 0 fully saturated rings. The number of rotatable bonds is 14. The highest BCUT2D eigenvalue weighted by Gasteiger charge is 2.33. The topological polar surface area (TPSA) is 182 Å². The van der Waals surface area contributed by atoms with Gasteiger partial charge in [-0.1, -0.05) is 19.1 Å². The van der Waals surface area contributed by atoms with E-state index in [1.807, 2.05) is 6.92 Å². The van der Waals surface area contributed by atoms with Gasteiger partial charge in [-0.2, -0.15) is 15.0 Å². The Hall–Kier alpha value is -5.99. The van der Waals surface area contributed by atoms with E-state index in [1.165, 1.54) is 36.4 Å². The summed E-state index contributed by atoms with van der Waals surface area (Å²) >= 11 is 0. The van der Waals surface area contributed by atoms with Crippen molar-refractivity contribution in [3.05, 3.63) is 76.9 Å². The van der Waals surface area contributed by atoms with E-state index in [2.05, 4.69) is 25.6 Å². The molecule has 3 aromatic carbocycles. The van der Waals surface area contributed by atoms with E-state index in [0.29, 0.717) is 51.5 Å². The van der Waals surface area contributed by atoms with Gasteiger partial charge in [0.2, 0.25) is 18.2 Å². The fraction of sp³-hybridized carbons (Fsp3) is 0.294. The van der Waals surface area contributed by atoms with Crippen molar-refractivity contribution in [2.45, 2.75) is 47.0 Å². The molecule has 0 bridgehead atoms. The Kier molecular flexibility index (Phi) is 12.8. The maximum absolute atomic E-state index is 13.2. The lowest BCUT2D eigenvalue weighted by Crippen LogP contribution is -2.36. The number of amides is 2. The first-order valence-electron chi connectivity index (χ1n) is 14.5. The Morgan fingerprint density at radius 2 is 1.23 bits per heavy atom. The molecule has 3 aromatic rings. The summed E-state index contributed by atoms with van der Waals surface area (Å²) in [7, 11) is 0. The van der Waals surface area contributed by atoms with Crippen molar-refractivity contribution in [3.63, 3.8) is 0 Å². The van der Waals surface area contributed by atoms with Crippen molar-refractivity contribution in [1.82, 2.24) is 0 Å². The average molecular weight is 640 g/mol. The number of aryl methyl sites for hydroxylation is 3. The Labute approximate surface area is 270 Å². The molecule has 242 valence electrons. The third kappa shape index (κ3) is 10.6. The maximum atomic E-state index is 13.2.